The van der Waals surface area contributed by atoms with E-state index in [1.807, 2.05) is 55.6 Å². The van der Waals surface area contributed by atoms with Gasteiger partial charge >= 0.3 is 0 Å². The van der Waals surface area contributed by atoms with E-state index in [4.69, 9.17) is 4.74 Å². The van der Waals surface area contributed by atoms with Crippen LogP contribution in [0.5, 0.6) is 5.75 Å². The number of hydrogen-bond acceptors (Lipinski definition) is 4. The van der Waals surface area contributed by atoms with Gasteiger partial charge in [-0.05, 0) is 62.3 Å². The molecule has 1 N–H and O–H groups in total. The van der Waals surface area contributed by atoms with Crippen LogP contribution >= 0.6 is 11.3 Å². The maximum Gasteiger partial charge on any atom is 0.242 e. The van der Waals surface area contributed by atoms with E-state index in [0.29, 0.717) is 19.5 Å². The number of benzene rings is 1. The molecule has 1 aromatic heterocycles. The van der Waals surface area contributed by atoms with Crippen LogP contribution in [0.25, 0.3) is 0 Å². The van der Waals surface area contributed by atoms with E-state index >= 15 is 0 Å². The Hall–Kier alpha value is -2.34. The fraction of sp³-hybridized carbons (Fsp3) is 0.455. The average Bonchev–Trinajstić information content (AvgIpc) is 3.34. The molecule has 1 fully saturated rings. The van der Waals surface area contributed by atoms with E-state index in [1.165, 1.54) is 0 Å². The fourth-order valence-electron chi connectivity index (χ4n) is 3.46. The minimum absolute atomic E-state index is 0.0424. The van der Waals surface area contributed by atoms with Crippen LogP contribution in [0.4, 0.5) is 0 Å². The quantitative estimate of drug-likeness (QED) is 0.739. The van der Waals surface area contributed by atoms with Crippen molar-refractivity contribution in [2.24, 2.45) is 0 Å². The molecule has 2 heterocycles. The van der Waals surface area contributed by atoms with E-state index < -0.39 is 0 Å². The molecule has 0 radical (unpaired) electrons. The van der Waals surface area contributed by atoms with Crippen molar-refractivity contribution < 1.29 is 14.3 Å². The molecule has 0 aliphatic carbocycles. The summed E-state index contributed by atoms with van der Waals surface area (Å²) in [5, 5.41) is 4.97. The predicted molar refractivity (Wildman–Crippen MR) is 112 cm³/mol. The van der Waals surface area contributed by atoms with Gasteiger partial charge in [-0.15, -0.1) is 11.3 Å². The highest BCUT2D eigenvalue weighted by molar-refractivity contribution is 7.10. The molecule has 1 saturated heterocycles. The van der Waals surface area contributed by atoms with Crippen molar-refractivity contribution in [3.8, 4) is 5.75 Å². The number of nitrogens with zero attached hydrogens (tertiary/aromatic N) is 1. The van der Waals surface area contributed by atoms with Crippen LogP contribution in [0.15, 0.2) is 41.8 Å². The maximum atomic E-state index is 12.6. The number of ether oxygens (including phenoxy) is 1. The van der Waals surface area contributed by atoms with Gasteiger partial charge in [0.2, 0.25) is 11.8 Å². The molecule has 1 atom stereocenters. The Morgan fingerprint density at radius 1 is 1.25 bits per heavy atom. The number of amides is 2. The van der Waals surface area contributed by atoms with Crippen LogP contribution in [0.2, 0.25) is 0 Å². The Labute approximate surface area is 170 Å². The van der Waals surface area contributed by atoms with Gasteiger partial charge in [-0.1, -0.05) is 18.2 Å². The highest BCUT2D eigenvalue weighted by Crippen LogP contribution is 2.20. The van der Waals surface area contributed by atoms with Gasteiger partial charge in [0.15, 0.2) is 0 Å². The van der Waals surface area contributed by atoms with Crippen molar-refractivity contribution in [1.29, 1.82) is 0 Å². The molecule has 6 heteroatoms. The summed E-state index contributed by atoms with van der Waals surface area (Å²) in [6, 6.07) is 11.5. The standard InChI is InChI=1S/C22H28N2O3S/c1-16(2)27-18-9-7-17(8-10-18)11-12-23-22(26)20-6-3-13-24(20)21(25)15-19-5-4-14-28-19/h4-5,7-10,14,16,20H,3,6,11-13,15H2,1-2H3,(H,23,26). The molecule has 0 spiro atoms. The van der Waals surface area contributed by atoms with Crippen LogP contribution in [-0.4, -0.2) is 41.9 Å². The van der Waals surface area contributed by atoms with Crippen LogP contribution < -0.4 is 10.1 Å². The van der Waals surface area contributed by atoms with E-state index in [9.17, 15) is 9.59 Å². The Morgan fingerprint density at radius 3 is 2.71 bits per heavy atom. The SMILES string of the molecule is CC(C)Oc1ccc(CCNC(=O)C2CCCN2C(=O)Cc2cccs2)cc1. The summed E-state index contributed by atoms with van der Waals surface area (Å²) in [5.41, 5.74) is 1.15. The van der Waals surface area contributed by atoms with Crippen molar-refractivity contribution >= 4 is 23.2 Å². The largest absolute Gasteiger partial charge is 0.491 e. The molecule has 2 amide bonds. The second-order valence-electron chi connectivity index (χ2n) is 7.35. The van der Waals surface area contributed by atoms with Gasteiger partial charge in [-0.3, -0.25) is 9.59 Å². The predicted octanol–water partition coefficient (Wildman–Crippen LogP) is 3.43. The van der Waals surface area contributed by atoms with Crippen molar-refractivity contribution in [2.75, 3.05) is 13.1 Å². The summed E-state index contributed by atoms with van der Waals surface area (Å²) in [6.07, 6.45) is 2.91. The minimum Gasteiger partial charge on any atom is -0.491 e. The summed E-state index contributed by atoms with van der Waals surface area (Å²) < 4.78 is 5.64. The number of nitrogens with one attached hydrogen (secondary N) is 1. The first kappa shape index (κ1) is 20.4. The molecule has 1 unspecified atom stereocenters. The van der Waals surface area contributed by atoms with Crippen LogP contribution in [0, 0.1) is 0 Å². The zero-order valence-electron chi connectivity index (χ0n) is 16.5. The van der Waals surface area contributed by atoms with Gasteiger partial charge < -0.3 is 15.0 Å². The van der Waals surface area contributed by atoms with Gasteiger partial charge in [0.25, 0.3) is 0 Å². The molecule has 5 nitrogen and oxygen atoms in total. The number of rotatable bonds is 8. The normalized spacial score (nSPS) is 16.4. The van der Waals surface area contributed by atoms with E-state index in [-0.39, 0.29) is 24.0 Å². The molecule has 3 rings (SSSR count). The molecule has 28 heavy (non-hydrogen) atoms. The molecular weight excluding hydrogens is 372 g/mol. The van der Waals surface area contributed by atoms with Gasteiger partial charge in [-0.25, -0.2) is 0 Å². The Balaban J connectivity index is 1.46. The van der Waals surface area contributed by atoms with Crippen molar-refractivity contribution in [3.63, 3.8) is 0 Å². The average molecular weight is 401 g/mol. The lowest BCUT2D eigenvalue weighted by Crippen LogP contribution is -2.46. The number of thiophene rings is 1. The second kappa shape index (κ2) is 9.73. The summed E-state index contributed by atoms with van der Waals surface area (Å²) in [7, 11) is 0. The third-order valence-electron chi connectivity index (χ3n) is 4.79. The molecule has 2 aromatic rings. The molecular formula is C22H28N2O3S. The lowest BCUT2D eigenvalue weighted by Gasteiger charge is -2.24. The zero-order valence-corrected chi connectivity index (χ0v) is 17.3. The van der Waals surface area contributed by atoms with Gasteiger partial charge in [0, 0.05) is 18.0 Å². The summed E-state index contributed by atoms with van der Waals surface area (Å²) in [6.45, 7) is 5.23. The van der Waals surface area contributed by atoms with E-state index in [2.05, 4.69) is 5.32 Å². The van der Waals surface area contributed by atoms with E-state index in [1.54, 1.807) is 16.2 Å². The zero-order chi connectivity index (χ0) is 19.9. The first-order valence-corrected chi connectivity index (χ1v) is 10.8. The third kappa shape index (κ3) is 5.58. The minimum atomic E-state index is -0.339. The Kier molecular flexibility index (Phi) is 7.09. The topological polar surface area (TPSA) is 58.6 Å². The third-order valence-corrected chi connectivity index (χ3v) is 5.67. The molecule has 0 bridgehead atoms. The molecule has 150 valence electrons. The maximum absolute atomic E-state index is 12.6. The molecule has 1 aromatic carbocycles. The molecule has 1 aliphatic heterocycles. The highest BCUT2D eigenvalue weighted by Gasteiger charge is 2.33. The lowest BCUT2D eigenvalue weighted by atomic mass is 10.1. The van der Waals surface area contributed by atoms with Crippen molar-refractivity contribution in [1.82, 2.24) is 10.2 Å². The van der Waals surface area contributed by atoms with E-state index in [0.717, 1.165) is 35.5 Å². The van der Waals surface area contributed by atoms with Gasteiger partial charge in [0.05, 0.1) is 12.5 Å². The summed E-state index contributed by atoms with van der Waals surface area (Å²) in [5.74, 6) is 0.853. The first-order valence-electron chi connectivity index (χ1n) is 9.88. The van der Waals surface area contributed by atoms with Crippen molar-refractivity contribution in [3.05, 3.63) is 52.2 Å². The lowest BCUT2D eigenvalue weighted by molar-refractivity contribution is -0.137. The summed E-state index contributed by atoms with van der Waals surface area (Å²) in [4.78, 5) is 28.0. The number of hydrogen-bond donors (Lipinski definition) is 1. The fourth-order valence-corrected chi connectivity index (χ4v) is 4.15. The number of carbonyl (C=O) groups is 2. The molecule has 0 saturated carbocycles. The Bertz CT molecular complexity index is 772. The van der Waals surface area contributed by atoms with Gasteiger partial charge in [0.1, 0.15) is 11.8 Å². The number of carbonyl (C=O) groups excluding carboxylic acids is 2. The Morgan fingerprint density at radius 2 is 2.04 bits per heavy atom. The van der Waals surface area contributed by atoms with Crippen LogP contribution in [0.3, 0.4) is 0 Å². The van der Waals surface area contributed by atoms with Crippen LogP contribution in [-0.2, 0) is 22.4 Å². The van der Waals surface area contributed by atoms with Crippen LogP contribution in [0.1, 0.15) is 37.1 Å². The van der Waals surface area contributed by atoms with Crippen molar-refractivity contribution in [2.45, 2.75) is 51.7 Å². The summed E-state index contributed by atoms with van der Waals surface area (Å²) >= 11 is 1.58. The first-order chi connectivity index (χ1) is 13.5. The monoisotopic (exact) mass is 400 g/mol. The highest BCUT2D eigenvalue weighted by atomic mass is 32.1. The smallest absolute Gasteiger partial charge is 0.242 e. The molecule has 1 aliphatic rings. The van der Waals surface area contributed by atoms with Gasteiger partial charge in [-0.2, -0.15) is 0 Å². The number of likely N-dealkylation sites (tertiary alicyclic amines) is 1. The second-order valence-corrected chi connectivity index (χ2v) is 8.39.